The predicted molar refractivity (Wildman–Crippen MR) is 86.2 cm³/mol. The molecule has 9 heteroatoms. The average molecular weight is 369 g/mol. The van der Waals surface area contributed by atoms with Gasteiger partial charge >= 0.3 is 0 Å². The highest BCUT2D eigenvalue weighted by atomic mass is 32.2. The summed E-state index contributed by atoms with van der Waals surface area (Å²) < 4.78 is 55.9. The van der Waals surface area contributed by atoms with Crippen LogP contribution >= 0.6 is 11.3 Å². The van der Waals surface area contributed by atoms with Crippen LogP contribution in [0.5, 0.6) is 0 Å². The van der Waals surface area contributed by atoms with Gasteiger partial charge in [-0.1, -0.05) is 6.07 Å². The summed E-state index contributed by atoms with van der Waals surface area (Å²) >= 11 is 1.46. The first-order valence-corrected chi connectivity index (χ1v) is 9.36. The fourth-order valence-corrected chi connectivity index (χ4v) is 4.17. The van der Waals surface area contributed by atoms with E-state index in [1.807, 2.05) is 16.8 Å². The smallest absolute Gasteiger partial charge is 0.246 e. The van der Waals surface area contributed by atoms with Crippen LogP contribution in [0.15, 0.2) is 58.4 Å². The van der Waals surface area contributed by atoms with E-state index in [4.69, 9.17) is 0 Å². The van der Waals surface area contributed by atoms with Gasteiger partial charge in [-0.05, 0) is 40.6 Å². The zero-order valence-corrected chi connectivity index (χ0v) is 13.9. The number of benzene rings is 1. The lowest BCUT2D eigenvalue weighted by atomic mass is 10.1. The number of sulfonamides is 1. The predicted octanol–water partition coefficient (Wildman–Crippen LogP) is 2.79. The van der Waals surface area contributed by atoms with Crippen LogP contribution in [0.4, 0.5) is 8.78 Å². The minimum Gasteiger partial charge on any atom is -0.264 e. The Bertz CT molecular complexity index is 856. The van der Waals surface area contributed by atoms with E-state index >= 15 is 0 Å². The van der Waals surface area contributed by atoms with E-state index in [9.17, 15) is 17.2 Å². The fourth-order valence-electron chi connectivity index (χ4n) is 2.29. The highest BCUT2D eigenvalue weighted by molar-refractivity contribution is 7.89. The summed E-state index contributed by atoms with van der Waals surface area (Å²) in [6.07, 6.45) is 3.27. The van der Waals surface area contributed by atoms with Crippen molar-refractivity contribution in [3.05, 3.63) is 70.7 Å². The van der Waals surface area contributed by atoms with Gasteiger partial charge in [-0.15, -0.1) is 0 Å². The molecular formula is C15H13F2N3O2S2. The van der Waals surface area contributed by atoms with Crippen molar-refractivity contribution in [1.82, 2.24) is 14.5 Å². The highest BCUT2D eigenvalue weighted by Crippen LogP contribution is 2.22. The molecule has 0 unspecified atom stereocenters. The van der Waals surface area contributed by atoms with E-state index in [0.29, 0.717) is 0 Å². The molecule has 1 N–H and O–H groups in total. The van der Waals surface area contributed by atoms with Gasteiger partial charge in [-0.2, -0.15) is 16.4 Å². The van der Waals surface area contributed by atoms with Gasteiger partial charge in [0.2, 0.25) is 10.0 Å². The summed E-state index contributed by atoms with van der Waals surface area (Å²) in [5.41, 5.74) is 0.848. The highest BCUT2D eigenvalue weighted by Gasteiger charge is 2.25. The molecule has 0 bridgehead atoms. The van der Waals surface area contributed by atoms with Crippen LogP contribution in [0, 0.1) is 11.6 Å². The zero-order valence-electron chi connectivity index (χ0n) is 12.3. The Labute approximate surface area is 141 Å². The van der Waals surface area contributed by atoms with Gasteiger partial charge < -0.3 is 0 Å². The quantitative estimate of drug-likeness (QED) is 0.727. The molecule has 0 aliphatic carbocycles. The second-order valence-electron chi connectivity index (χ2n) is 4.96. The SMILES string of the molecule is O=S(=O)(NC[C@H](c1ccsc1)n1cccn1)c1c(F)cccc1F. The zero-order chi connectivity index (χ0) is 17.2. The topological polar surface area (TPSA) is 64.0 Å². The van der Waals surface area contributed by atoms with Crippen molar-refractivity contribution in [1.29, 1.82) is 0 Å². The number of nitrogens with zero attached hydrogens (tertiary/aromatic N) is 2. The second-order valence-corrected chi connectivity index (χ2v) is 7.45. The molecule has 2 heterocycles. The lowest BCUT2D eigenvalue weighted by Gasteiger charge is -2.18. The summed E-state index contributed by atoms with van der Waals surface area (Å²) in [6.45, 7) is -0.0888. The van der Waals surface area contributed by atoms with Crippen LogP contribution in [0.2, 0.25) is 0 Å². The summed E-state index contributed by atoms with van der Waals surface area (Å²) in [4.78, 5) is -0.977. The van der Waals surface area contributed by atoms with Crippen LogP contribution in [0.1, 0.15) is 11.6 Å². The van der Waals surface area contributed by atoms with Crippen molar-refractivity contribution in [2.45, 2.75) is 10.9 Å². The van der Waals surface area contributed by atoms with Crippen molar-refractivity contribution in [3.63, 3.8) is 0 Å². The van der Waals surface area contributed by atoms with Crippen molar-refractivity contribution >= 4 is 21.4 Å². The number of hydrogen-bond donors (Lipinski definition) is 1. The van der Waals surface area contributed by atoms with E-state index in [-0.39, 0.29) is 6.54 Å². The maximum atomic E-state index is 13.7. The molecule has 1 atom stereocenters. The molecule has 1 aromatic carbocycles. The first-order valence-electron chi connectivity index (χ1n) is 6.94. The van der Waals surface area contributed by atoms with Crippen LogP contribution in [-0.4, -0.2) is 24.7 Å². The molecule has 24 heavy (non-hydrogen) atoms. The van der Waals surface area contributed by atoms with Gasteiger partial charge in [-0.25, -0.2) is 21.9 Å². The second kappa shape index (κ2) is 6.80. The monoisotopic (exact) mass is 369 g/mol. The van der Waals surface area contributed by atoms with Crippen LogP contribution in [0.25, 0.3) is 0 Å². The first kappa shape index (κ1) is 16.7. The normalized spacial score (nSPS) is 13.1. The molecule has 5 nitrogen and oxygen atoms in total. The Kier molecular flexibility index (Phi) is 4.74. The minimum absolute atomic E-state index is 0.0888. The van der Waals surface area contributed by atoms with E-state index in [1.165, 1.54) is 11.3 Å². The first-order chi connectivity index (χ1) is 11.5. The molecule has 0 fully saturated rings. The third kappa shape index (κ3) is 3.37. The molecular weight excluding hydrogens is 356 g/mol. The fraction of sp³-hybridized carbons (Fsp3) is 0.133. The maximum absolute atomic E-state index is 13.7. The van der Waals surface area contributed by atoms with Gasteiger partial charge in [0, 0.05) is 18.9 Å². The molecule has 0 radical (unpaired) electrons. The number of halogens is 2. The van der Waals surface area contributed by atoms with Crippen LogP contribution in [-0.2, 0) is 10.0 Å². The molecule has 0 amide bonds. The number of aromatic nitrogens is 2. The van der Waals surface area contributed by atoms with Crippen LogP contribution in [0.3, 0.4) is 0 Å². The van der Waals surface area contributed by atoms with E-state index in [2.05, 4.69) is 9.82 Å². The number of nitrogens with one attached hydrogen (secondary N) is 1. The molecule has 2 aromatic heterocycles. The van der Waals surface area contributed by atoms with Gasteiger partial charge in [0.15, 0.2) is 4.90 Å². The van der Waals surface area contributed by atoms with Gasteiger partial charge in [0.25, 0.3) is 0 Å². The molecule has 0 saturated heterocycles. The van der Waals surface area contributed by atoms with Gasteiger partial charge in [0.1, 0.15) is 11.6 Å². The van der Waals surface area contributed by atoms with Crippen LogP contribution < -0.4 is 4.72 Å². The largest absolute Gasteiger partial charge is 0.264 e. The maximum Gasteiger partial charge on any atom is 0.246 e. The third-order valence-corrected chi connectivity index (χ3v) is 5.60. The minimum atomic E-state index is -4.34. The number of hydrogen-bond acceptors (Lipinski definition) is 4. The Balaban J connectivity index is 1.87. The standard InChI is InChI=1S/C15H13F2N3O2S2/c16-12-3-1-4-13(17)15(12)24(21,22)19-9-14(11-5-8-23-10-11)20-7-2-6-18-20/h1-8,10,14,19H,9H2/t14-/m1/s1. The number of rotatable bonds is 6. The molecule has 0 aliphatic heterocycles. The lowest BCUT2D eigenvalue weighted by Crippen LogP contribution is -2.32. The summed E-state index contributed by atoms with van der Waals surface area (Å²) in [5, 5.41) is 7.84. The Morgan fingerprint density at radius 3 is 2.54 bits per heavy atom. The van der Waals surface area contributed by atoms with E-state index in [1.54, 1.807) is 23.1 Å². The Morgan fingerprint density at radius 2 is 1.96 bits per heavy atom. The Morgan fingerprint density at radius 1 is 1.21 bits per heavy atom. The van der Waals surface area contributed by atoms with Gasteiger partial charge in [-0.3, -0.25) is 4.68 Å². The number of thiophene rings is 1. The molecule has 0 spiro atoms. The van der Waals surface area contributed by atoms with E-state index < -0.39 is 32.6 Å². The van der Waals surface area contributed by atoms with Crippen molar-refractivity contribution in [2.24, 2.45) is 0 Å². The molecule has 3 rings (SSSR count). The van der Waals surface area contributed by atoms with Gasteiger partial charge in [0.05, 0.1) is 6.04 Å². The van der Waals surface area contributed by atoms with Crippen molar-refractivity contribution < 1.29 is 17.2 Å². The van der Waals surface area contributed by atoms with Crippen molar-refractivity contribution in [3.8, 4) is 0 Å². The molecule has 3 aromatic rings. The van der Waals surface area contributed by atoms with E-state index in [0.717, 1.165) is 23.8 Å². The summed E-state index contributed by atoms with van der Waals surface area (Å²) in [5.74, 6) is -2.26. The molecule has 126 valence electrons. The summed E-state index contributed by atoms with van der Waals surface area (Å²) in [7, 11) is -4.34. The average Bonchev–Trinajstić information content (AvgIpc) is 3.20. The Hall–Kier alpha value is -2.10. The van der Waals surface area contributed by atoms with Crippen molar-refractivity contribution in [2.75, 3.05) is 6.54 Å². The molecule has 0 saturated carbocycles. The lowest BCUT2D eigenvalue weighted by molar-refractivity contribution is 0.492. The molecule has 0 aliphatic rings. The summed E-state index contributed by atoms with van der Waals surface area (Å²) in [6, 6.07) is 6.06. The third-order valence-electron chi connectivity index (χ3n) is 3.43.